The number of hydrogen-bond acceptors (Lipinski definition) is 18. The SMILES string of the molecule is CCCCCC(=O)NC(COC1OC(CO)C(OC2OC(CO)C(OC3OC(CO)C(O)C(O)C3O)C(O)C2O)C(O)C1O)C(O)CCCCC. The van der Waals surface area contributed by atoms with E-state index in [1.165, 1.54) is 0 Å². The van der Waals surface area contributed by atoms with E-state index in [0.29, 0.717) is 19.3 Å². The summed E-state index contributed by atoms with van der Waals surface area (Å²) in [6.07, 6.45) is -20.8. The average Bonchev–Trinajstić information content (AvgIpc) is 3.12. The van der Waals surface area contributed by atoms with Gasteiger partial charge in [0.05, 0.1) is 38.6 Å². The largest absolute Gasteiger partial charge is 0.394 e. The summed E-state index contributed by atoms with van der Waals surface area (Å²) in [5.41, 5.74) is 0. The number of ether oxygens (including phenoxy) is 6. The first-order valence-electron chi connectivity index (χ1n) is 17.8. The summed E-state index contributed by atoms with van der Waals surface area (Å²) in [6.45, 7) is 1.31. The van der Waals surface area contributed by atoms with Gasteiger partial charge in [-0.25, -0.2) is 0 Å². The van der Waals surface area contributed by atoms with Gasteiger partial charge < -0.3 is 89.9 Å². The van der Waals surface area contributed by atoms with Crippen LogP contribution in [0.5, 0.6) is 0 Å². The fraction of sp³-hybridized carbons (Fsp3) is 0.969. The van der Waals surface area contributed by atoms with Crippen LogP contribution in [0.15, 0.2) is 0 Å². The van der Waals surface area contributed by atoms with E-state index in [2.05, 4.69) is 5.32 Å². The molecule has 0 aromatic carbocycles. The van der Waals surface area contributed by atoms with Crippen LogP contribution in [-0.2, 0) is 33.2 Å². The average molecular weight is 746 g/mol. The van der Waals surface area contributed by atoms with Crippen molar-refractivity contribution in [1.82, 2.24) is 5.32 Å². The molecule has 0 aromatic rings. The second-order valence-corrected chi connectivity index (χ2v) is 13.3. The van der Waals surface area contributed by atoms with Crippen LogP contribution in [0.2, 0.25) is 0 Å². The summed E-state index contributed by atoms with van der Waals surface area (Å²) in [5.74, 6) is -0.284. The number of nitrogens with one attached hydrogen (secondary N) is 1. The molecule has 3 saturated heterocycles. The van der Waals surface area contributed by atoms with Gasteiger partial charge in [0.1, 0.15) is 73.2 Å². The third-order valence-corrected chi connectivity index (χ3v) is 9.43. The molecule has 0 saturated carbocycles. The number of rotatable bonds is 20. The highest BCUT2D eigenvalue weighted by Crippen LogP contribution is 2.32. The molecule has 0 bridgehead atoms. The summed E-state index contributed by atoms with van der Waals surface area (Å²) in [5, 5.41) is 117. The molecule has 0 radical (unpaired) electrons. The Morgan fingerprint density at radius 2 is 1.10 bits per heavy atom. The predicted octanol–water partition coefficient (Wildman–Crippen LogP) is -4.54. The molecule has 19 heteroatoms. The molecule has 3 heterocycles. The molecule has 0 aliphatic carbocycles. The zero-order valence-electron chi connectivity index (χ0n) is 29.1. The lowest BCUT2D eigenvalue weighted by molar-refractivity contribution is -0.379. The van der Waals surface area contributed by atoms with Crippen molar-refractivity contribution in [2.45, 2.75) is 169 Å². The Balaban J connectivity index is 1.65. The lowest BCUT2D eigenvalue weighted by atomic mass is 9.96. The molecule has 12 N–H and O–H groups in total. The second-order valence-electron chi connectivity index (χ2n) is 13.3. The maximum Gasteiger partial charge on any atom is 0.220 e. The minimum Gasteiger partial charge on any atom is -0.394 e. The van der Waals surface area contributed by atoms with E-state index in [9.17, 15) is 61.0 Å². The molecule has 3 aliphatic rings. The van der Waals surface area contributed by atoms with E-state index in [-0.39, 0.29) is 18.9 Å². The van der Waals surface area contributed by atoms with E-state index >= 15 is 0 Å². The van der Waals surface area contributed by atoms with Crippen molar-refractivity contribution in [1.29, 1.82) is 0 Å². The summed E-state index contributed by atoms with van der Waals surface area (Å²) < 4.78 is 33.5. The summed E-state index contributed by atoms with van der Waals surface area (Å²) in [4.78, 5) is 12.6. The first-order valence-corrected chi connectivity index (χ1v) is 17.8. The van der Waals surface area contributed by atoms with Crippen LogP contribution in [0.1, 0.15) is 65.2 Å². The molecule has 51 heavy (non-hydrogen) atoms. The lowest BCUT2D eigenvalue weighted by Gasteiger charge is -2.48. The van der Waals surface area contributed by atoms with E-state index in [1.807, 2.05) is 13.8 Å². The molecule has 17 unspecified atom stereocenters. The van der Waals surface area contributed by atoms with E-state index in [0.717, 1.165) is 25.7 Å². The van der Waals surface area contributed by atoms with Gasteiger partial charge in [-0.05, 0) is 12.8 Å². The highest BCUT2D eigenvalue weighted by atomic mass is 16.8. The van der Waals surface area contributed by atoms with Crippen LogP contribution >= 0.6 is 0 Å². The molecule has 1 amide bonds. The quantitative estimate of drug-likeness (QED) is 0.0522. The molecular formula is C32H59NO18. The smallest absolute Gasteiger partial charge is 0.220 e. The minimum atomic E-state index is -1.96. The van der Waals surface area contributed by atoms with Crippen LogP contribution in [-0.4, -0.2) is 193 Å². The molecule has 3 rings (SSSR count). The van der Waals surface area contributed by atoms with Crippen LogP contribution < -0.4 is 5.32 Å². The fourth-order valence-corrected chi connectivity index (χ4v) is 6.25. The monoisotopic (exact) mass is 745 g/mol. The minimum absolute atomic E-state index is 0.250. The van der Waals surface area contributed by atoms with Crippen molar-refractivity contribution in [3.05, 3.63) is 0 Å². The van der Waals surface area contributed by atoms with Gasteiger partial charge in [0.15, 0.2) is 18.9 Å². The highest BCUT2D eigenvalue weighted by Gasteiger charge is 2.53. The number of amides is 1. The van der Waals surface area contributed by atoms with Gasteiger partial charge in [-0.1, -0.05) is 46.0 Å². The Kier molecular flexibility index (Phi) is 18.7. The Bertz CT molecular complexity index is 994. The number of carbonyl (C=O) groups is 1. The van der Waals surface area contributed by atoms with Gasteiger partial charge in [0.2, 0.25) is 5.91 Å². The van der Waals surface area contributed by atoms with Crippen LogP contribution in [0.25, 0.3) is 0 Å². The van der Waals surface area contributed by atoms with Gasteiger partial charge in [-0.15, -0.1) is 0 Å². The van der Waals surface area contributed by atoms with Crippen LogP contribution in [0, 0.1) is 0 Å². The maximum absolute atomic E-state index is 12.6. The first kappa shape index (κ1) is 44.2. The number of hydrogen-bond donors (Lipinski definition) is 12. The van der Waals surface area contributed by atoms with Crippen molar-refractivity contribution in [2.24, 2.45) is 0 Å². The molecule has 17 atom stereocenters. The maximum atomic E-state index is 12.6. The summed E-state index contributed by atoms with van der Waals surface area (Å²) in [6, 6.07) is -0.869. The lowest BCUT2D eigenvalue weighted by Crippen LogP contribution is -2.66. The number of aliphatic hydroxyl groups excluding tert-OH is 11. The van der Waals surface area contributed by atoms with Crippen molar-refractivity contribution in [3.63, 3.8) is 0 Å². The second kappa shape index (κ2) is 21.6. The molecule has 3 fully saturated rings. The molecule has 300 valence electrons. The number of carbonyl (C=O) groups excluding carboxylic acids is 1. The third-order valence-electron chi connectivity index (χ3n) is 9.43. The van der Waals surface area contributed by atoms with Gasteiger partial charge >= 0.3 is 0 Å². The predicted molar refractivity (Wildman–Crippen MR) is 171 cm³/mol. The standard InChI is InChI=1S/C32H59NO18/c1-3-5-7-9-16(37)15(33-20(38)10-8-6-4-2)14-46-30-26(44)23(41)28(18(12-35)48-30)51-32-27(45)24(42)29(19(13-36)49-32)50-31-25(43)22(40)21(39)17(11-34)47-31/h15-19,21-32,34-37,39-45H,3-14H2,1-2H3,(H,33,38). The summed E-state index contributed by atoms with van der Waals surface area (Å²) in [7, 11) is 0. The van der Waals surface area contributed by atoms with E-state index in [4.69, 9.17) is 28.4 Å². The first-order chi connectivity index (χ1) is 24.3. The highest BCUT2D eigenvalue weighted by molar-refractivity contribution is 5.76. The van der Waals surface area contributed by atoms with Crippen molar-refractivity contribution in [2.75, 3.05) is 26.4 Å². The van der Waals surface area contributed by atoms with Gasteiger partial charge in [-0.3, -0.25) is 4.79 Å². The summed E-state index contributed by atoms with van der Waals surface area (Å²) >= 11 is 0. The fourth-order valence-electron chi connectivity index (χ4n) is 6.25. The van der Waals surface area contributed by atoms with Crippen molar-refractivity contribution < 1.29 is 89.4 Å². The van der Waals surface area contributed by atoms with Crippen molar-refractivity contribution in [3.8, 4) is 0 Å². The number of aliphatic hydroxyl groups is 11. The molecule has 3 aliphatic heterocycles. The Morgan fingerprint density at radius 3 is 1.63 bits per heavy atom. The third kappa shape index (κ3) is 11.6. The Morgan fingerprint density at radius 1 is 0.627 bits per heavy atom. The molecule has 19 nitrogen and oxygen atoms in total. The van der Waals surface area contributed by atoms with E-state index < -0.39 is 124 Å². The molecular weight excluding hydrogens is 686 g/mol. The van der Waals surface area contributed by atoms with Crippen LogP contribution in [0.4, 0.5) is 0 Å². The zero-order valence-corrected chi connectivity index (χ0v) is 29.1. The van der Waals surface area contributed by atoms with Gasteiger partial charge in [0, 0.05) is 6.42 Å². The molecule has 0 spiro atoms. The van der Waals surface area contributed by atoms with Crippen LogP contribution in [0.3, 0.4) is 0 Å². The number of unbranched alkanes of at least 4 members (excludes halogenated alkanes) is 4. The van der Waals surface area contributed by atoms with Gasteiger partial charge in [0.25, 0.3) is 0 Å². The van der Waals surface area contributed by atoms with Crippen molar-refractivity contribution >= 4 is 5.91 Å². The Labute approximate surface area is 296 Å². The molecule has 0 aromatic heterocycles. The normalized spacial score (nSPS) is 40.1. The van der Waals surface area contributed by atoms with E-state index in [1.54, 1.807) is 0 Å². The Hall–Kier alpha value is -1.21. The zero-order chi connectivity index (χ0) is 37.8. The topological polar surface area (TPSA) is 307 Å². The van der Waals surface area contributed by atoms with Gasteiger partial charge in [-0.2, -0.15) is 0 Å².